The fourth-order valence-electron chi connectivity index (χ4n) is 2.17. The normalized spacial score (nSPS) is 12.6. The van der Waals surface area contributed by atoms with E-state index in [1.54, 1.807) is 18.3 Å². The minimum Gasteiger partial charge on any atom is -0.440 e. The topological polar surface area (TPSA) is 75.4 Å². The quantitative estimate of drug-likeness (QED) is 0.822. The van der Waals surface area contributed by atoms with Gasteiger partial charge in [0.1, 0.15) is 5.76 Å². The van der Waals surface area contributed by atoms with Crippen molar-refractivity contribution in [2.75, 3.05) is 6.54 Å². The Morgan fingerprint density at radius 2 is 2.27 bits per heavy atom. The molecule has 0 aromatic carbocycles. The summed E-state index contributed by atoms with van der Waals surface area (Å²) < 4.78 is 5.61. The maximum absolute atomic E-state index is 11.9. The lowest BCUT2D eigenvalue weighted by Crippen LogP contribution is -2.33. The summed E-state index contributed by atoms with van der Waals surface area (Å²) in [5, 5.41) is 14.5. The number of amides is 1. The Kier molecular flexibility index (Phi) is 5.74. The van der Waals surface area contributed by atoms with Gasteiger partial charge in [-0.1, -0.05) is 19.9 Å². The maximum Gasteiger partial charge on any atom is 0.236 e. The summed E-state index contributed by atoms with van der Waals surface area (Å²) in [6.45, 7) is 6.15. The fraction of sp³-hybridized carbons (Fsp3) is 0.500. The first-order chi connectivity index (χ1) is 10.5. The smallest absolute Gasteiger partial charge is 0.236 e. The predicted octanol–water partition coefficient (Wildman–Crippen LogP) is 2.78. The van der Waals surface area contributed by atoms with E-state index in [1.807, 2.05) is 31.4 Å². The number of rotatable bonds is 7. The molecule has 1 unspecified atom stereocenters. The third kappa shape index (κ3) is 4.68. The zero-order chi connectivity index (χ0) is 16.1. The second-order valence-electron chi connectivity index (χ2n) is 5.76. The molecule has 2 N–H and O–H groups in total. The number of aliphatic hydroxyl groups excluding tert-OH is 1. The molecule has 0 radical (unpaired) electrons. The summed E-state index contributed by atoms with van der Waals surface area (Å²) in [4.78, 5) is 17.3. The Hall–Kier alpha value is -1.66. The van der Waals surface area contributed by atoms with Crippen molar-refractivity contribution in [3.05, 3.63) is 29.0 Å². The van der Waals surface area contributed by atoms with E-state index in [9.17, 15) is 9.90 Å². The Labute approximate surface area is 134 Å². The van der Waals surface area contributed by atoms with E-state index < -0.39 is 6.10 Å². The lowest BCUT2D eigenvalue weighted by Gasteiger charge is -2.13. The van der Waals surface area contributed by atoms with Gasteiger partial charge in [0.15, 0.2) is 0 Å². The molecule has 0 aliphatic rings. The van der Waals surface area contributed by atoms with Crippen LogP contribution in [0.15, 0.2) is 21.9 Å². The van der Waals surface area contributed by atoms with Crippen LogP contribution >= 0.6 is 11.3 Å². The van der Waals surface area contributed by atoms with Crippen LogP contribution < -0.4 is 5.32 Å². The van der Waals surface area contributed by atoms with Crippen molar-refractivity contribution in [1.29, 1.82) is 0 Å². The number of nitrogens with zero attached hydrogens (tertiary/aromatic N) is 1. The second kappa shape index (κ2) is 7.56. The van der Waals surface area contributed by atoms with Gasteiger partial charge in [0, 0.05) is 6.54 Å². The van der Waals surface area contributed by atoms with Gasteiger partial charge in [0.2, 0.25) is 11.8 Å². The summed E-state index contributed by atoms with van der Waals surface area (Å²) >= 11 is 1.55. The molecule has 1 atom stereocenters. The van der Waals surface area contributed by atoms with E-state index in [0.717, 1.165) is 4.88 Å². The maximum atomic E-state index is 11.9. The Bertz CT molecular complexity index is 605. The van der Waals surface area contributed by atoms with Crippen LogP contribution in [0.25, 0.3) is 10.8 Å². The molecule has 0 aliphatic carbocycles. The molecule has 2 aromatic heterocycles. The summed E-state index contributed by atoms with van der Waals surface area (Å²) in [7, 11) is 0. The zero-order valence-corrected chi connectivity index (χ0v) is 13.9. The Balaban J connectivity index is 1.89. The monoisotopic (exact) mass is 322 g/mol. The van der Waals surface area contributed by atoms with Gasteiger partial charge < -0.3 is 14.8 Å². The summed E-state index contributed by atoms with van der Waals surface area (Å²) in [5.41, 5.74) is 0.638. The van der Waals surface area contributed by atoms with E-state index in [2.05, 4.69) is 10.3 Å². The van der Waals surface area contributed by atoms with Crippen molar-refractivity contribution < 1.29 is 14.3 Å². The summed E-state index contributed by atoms with van der Waals surface area (Å²) in [6, 6.07) is 3.87. The van der Waals surface area contributed by atoms with E-state index in [4.69, 9.17) is 4.42 Å². The van der Waals surface area contributed by atoms with Crippen molar-refractivity contribution in [3.8, 4) is 10.8 Å². The van der Waals surface area contributed by atoms with Gasteiger partial charge >= 0.3 is 0 Å². The molecule has 0 spiro atoms. The molecule has 2 heterocycles. The molecule has 0 fully saturated rings. The highest BCUT2D eigenvalue weighted by molar-refractivity contribution is 7.13. The molecular formula is C16H22N2O3S. The van der Waals surface area contributed by atoms with Crippen LogP contribution in [0.2, 0.25) is 0 Å². The third-order valence-electron chi connectivity index (χ3n) is 3.23. The molecule has 0 aliphatic heterocycles. The molecule has 5 nitrogen and oxygen atoms in total. The van der Waals surface area contributed by atoms with E-state index in [1.165, 1.54) is 0 Å². The number of aliphatic hydroxyl groups is 1. The van der Waals surface area contributed by atoms with Crippen LogP contribution in [0, 0.1) is 12.8 Å². The van der Waals surface area contributed by atoms with Crippen LogP contribution in [-0.2, 0) is 11.2 Å². The second-order valence-corrected chi connectivity index (χ2v) is 6.71. The Morgan fingerprint density at radius 1 is 1.50 bits per heavy atom. The average molecular weight is 322 g/mol. The average Bonchev–Trinajstić information content (AvgIpc) is 3.06. The number of aromatic nitrogens is 1. The molecule has 120 valence electrons. The fourth-order valence-corrected chi connectivity index (χ4v) is 2.82. The Morgan fingerprint density at radius 3 is 2.91 bits per heavy atom. The molecule has 0 saturated heterocycles. The molecule has 6 heteroatoms. The molecule has 1 amide bonds. The molecule has 0 bridgehead atoms. The molecule has 22 heavy (non-hydrogen) atoms. The van der Waals surface area contributed by atoms with E-state index in [0.29, 0.717) is 29.7 Å². The van der Waals surface area contributed by atoms with Gasteiger partial charge in [0.05, 0.1) is 23.1 Å². The minimum absolute atomic E-state index is 0.156. The van der Waals surface area contributed by atoms with Gasteiger partial charge in [-0.2, -0.15) is 0 Å². The summed E-state index contributed by atoms with van der Waals surface area (Å²) in [5.74, 6) is 1.45. The number of carbonyl (C=O) groups is 1. The number of carbonyl (C=O) groups excluding carboxylic acids is 1. The first kappa shape index (κ1) is 16.7. The largest absolute Gasteiger partial charge is 0.440 e. The first-order valence-electron chi connectivity index (χ1n) is 7.40. The van der Waals surface area contributed by atoms with Gasteiger partial charge in [-0.25, -0.2) is 4.98 Å². The zero-order valence-electron chi connectivity index (χ0n) is 13.1. The minimum atomic E-state index is -0.510. The standard InChI is InChI=1S/C16H22N2O3S/c1-10(2)7-12(19)9-17-15(20)8-13-11(3)21-16(18-13)14-5-4-6-22-14/h4-6,10,12,19H,7-9H2,1-3H3,(H,17,20). The highest BCUT2D eigenvalue weighted by Crippen LogP contribution is 2.25. The van der Waals surface area contributed by atoms with Crippen LogP contribution in [0.3, 0.4) is 0 Å². The van der Waals surface area contributed by atoms with Crippen LogP contribution in [0.4, 0.5) is 0 Å². The van der Waals surface area contributed by atoms with Crippen LogP contribution in [0.1, 0.15) is 31.7 Å². The highest BCUT2D eigenvalue weighted by atomic mass is 32.1. The molecular weight excluding hydrogens is 300 g/mol. The number of oxazole rings is 1. The van der Waals surface area contributed by atoms with Crippen molar-refractivity contribution in [2.45, 2.75) is 39.7 Å². The first-order valence-corrected chi connectivity index (χ1v) is 8.28. The van der Waals surface area contributed by atoms with E-state index >= 15 is 0 Å². The number of nitrogens with one attached hydrogen (secondary N) is 1. The van der Waals surface area contributed by atoms with Gasteiger partial charge in [0.25, 0.3) is 0 Å². The third-order valence-corrected chi connectivity index (χ3v) is 4.09. The van der Waals surface area contributed by atoms with Crippen molar-refractivity contribution >= 4 is 17.2 Å². The van der Waals surface area contributed by atoms with Crippen molar-refractivity contribution in [2.24, 2.45) is 5.92 Å². The SMILES string of the molecule is Cc1oc(-c2cccs2)nc1CC(=O)NCC(O)CC(C)C. The predicted molar refractivity (Wildman–Crippen MR) is 86.7 cm³/mol. The van der Waals surface area contributed by atoms with Crippen molar-refractivity contribution in [3.63, 3.8) is 0 Å². The van der Waals surface area contributed by atoms with Crippen molar-refractivity contribution in [1.82, 2.24) is 10.3 Å². The van der Waals surface area contributed by atoms with Crippen LogP contribution in [0.5, 0.6) is 0 Å². The molecule has 2 aromatic rings. The number of aryl methyl sites for hydroxylation is 1. The van der Waals surface area contributed by atoms with Crippen LogP contribution in [-0.4, -0.2) is 28.6 Å². The lowest BCUT2D eigenvalue weighted by atomic mass is 10.1. The number of thiophene rings is 1. The highest BCUT2D eigenvalue weighted by Gasteiger charge is 2.16. The summed E-state index contributed by atoms with van der Waals surface area (Å²) in [6.07, 6.45) is 0.324. The van der Waals surface area contributed by atoms with E-state index in [-0.39, 0.29) is 18.9 Å². The van der Waals surface area contributed by atoms with Gasteiger partial charge in [-0.3, -0.25) is 4.79 Å². The molecule has 2 rings (SSSR count). The number of hydrogen-bond donors (Lipinski definition) is 2. The van der Waals surface area contributed by atoms with Gasteiger partial charge in [-0.05, 0) is 30.7 Å². The number of hydrogen-bond acceptors (Lipinski definition) is 5. The lowest BCUT2D eigenvalue weighted by molar-refractivity contribution is -0.121. The van der Waals surface area contributed by atoms with Gasteiger partial charge in [-0.15, -0.1) is 11.3 Å². The molecule has 0 saturated carbocycles.